The summed E-state index contributed by atoms with van der Waals surface area (Å²) in [4.78, 5) is 12.5. The molecule has 0 aromatic heterocycles. The Labute approximate surface area is 426 Å². The number of aliphatic hydroxyl groups is 2. The van der Waals surface area contributed by atoms with E-state index in [9.17, 15) is 15.0 Å². The molecule has 0 spiro atoms. The second-order valence-corrected chi connectivity index (χ2v) is 21.1. The number of rotatable bonds is 57. The van der Waals surface area contributed by atoms with Gasteiger partial charge in [-0.25, -0.2) is 0 Å². The van der Waals surface area contributed by atoms with E-state index in [-0.39, 0.29) is 12.5 Å². The Morgan fingerprint density at radius 2 is 0.647 bits per heavy atom. The van der Waals surface area contributed by atoms with Gasteiger partial charge in [-0.3, -0.25) is 4.79 Å². The van der Waals surface area contributed by atoms with Crippen LogP contribution in [-0.2, 0) is 4.79 Å². The fourth-order valence-electron chi connectivity index (χ4n) is 9.71. The van der Waals surface area contributed by atoms with Gasteiger partial charge in [0.1, 0.15) is 0 Å². The van der Waals surface area contributed by atoms with Crippen LogP contribution in [0.1, 0.15) is 335 Å². The van der Waals surface area contributed by atoms with Crippen LogP contribution in [0.3, 0.4) is 0 Å². The van der Waals surface area contributed by atoms with Gasteiger partial charge in [-0.05, 0) is 51.4 Å². The number of carbonyl (C=O) groups excluding carboxylic acids is 1. The van der Waals surface area contributed by atoms with E-state index in [2.05, 4.69) is 67.8 Å². The molecule has 4 nitrogen and oxygen atoms in total. The van der Waals surface area contributed by atoms with Crippen LogP contribution < -0.4 is 5.32 Å². The predicted octanol–water partition coefficient (Wildman–Crippen LogP) is 20.6. The lowest BCUT2D eigenvalue weighted by Crippen LogP contribution is -2.45. The minimum absolute atomic E-state index is 0.0258. The summed E-state index contributed by atoms with van der Waals surface area (Å²) >= 11 is 0. The quantitative estimate of drug-likeness (QED) is 0.0420. The van der Waals surface area contributed by atoms with Gasteiger partial charge in [0.25, 0.3) is 0 Å². The smallest absolute Gasteiger partial charge is 0.220 e. The van der Waals surface area contributed by atoms with E-state index in [1.165, 1.54) is 257 Å². The number of aliphatic hydroxyl groups excluding tert-OH is 2. The van der Waals surface area contributed by atoms with E-state index in [1.807, 2.05) is 0 Å². The van der Waals surface area contributed by atoms with Crippen molar-refractivity contribution >= 4 is 5.91 Å². The van der Waals surface area contributed by atoms with Crippen molar-refractivity contribution in [3.63, 3.8) is 0 Å². The molecule has 0 aliphatic carbocycles. The normalized spacial score (nSPS) is 13.1. The minimum atomic E-state index is -0.660. The maximum Gasteiger partial charge on any atom is 0.220 e. The molecule has 0 aromatic rings. The van der Waals surface area contributed by atoms with Crippen LogP contribution in [0, 0.1) is 0 Å². The van der Waals surface area contributed by atoms with Crippen molar-refractivity contribution in [3.8, 4) is 0 Å². The molecule has 3 N–H and O–H groups in total. The van der Waals surface area contributed by atoms with Crippen molar-refractivity contribution in [1.82, 2.24) is 5.32 Å². The molecule has 1 amide bonds. The number of carbonyl (C=O) groups is 1. The number of nitrogens with one attached hydrogen (secondary N) is 1. The molecule has 2 unspecified atom stereocenters. The number of amides is 1. The molecule has 400 valence electrons. The molecule has 0 radical (unpaired) electrons. The molecule has 0 rings (SSSR count). The number of allylic oxidation sites excluding steroid dienone is 8. The highest BCUT2D eigenvalue weighted by Gasteiger charge is 2.20. The van der Waals surface area contributed by atoms with Crippen molar-refractivity contribution in [2.45, 2.75) is 347 Å². The Morgan fingerprint density at radius 3 is 0.971 bits per heavy atom. The first-order valence-corrected chi connectivity index (χ1v) is 30.8. The summed E-state index contributed by atoms with van der Waals surface area (Å²) in [5, 5.41) is 23.4. The fourth-order valence-corrected chi connectivity index (χ4v) is 9.71. The van der Waals surface area contributed by atoms with Crippen LogP contribution in [0.15, 0.2) is 48.6 Å². The van der Waals surface area contributed by atoms with Crippen LogP contribution in [0.5, 0.6) is 0 Å². The first-order chi connectivity index (χ1) is 33.7. The zero-order chi connectivity index (χ0) is 49.2. The molecule has 0 fully saturated rings. The Morgan fingerprint density at radius 1 is 0.368 bits per heavy atom. The van der Waals surface area contributed by atoms with Gasteiger partial charge in [0.2, 0.25) is 5.91 Å². The number of hydrogen-bond acceptors (Lipinski definition) is 3. The summed E-state index contributed by atoms with van der Waals surface area (Å²) < 4.78 is 0. The lowest BCUT2D eigenvalue weighted by atomic mass is 10.0. The molecule has 68 heavy (non-hydrogen) atoms. The zero-order valence-electron chi connectivity index (χ0n) is 46.1. The Hall–Kier alpha value is -1.65. The SMILES string of the molecule is CC/C=C\C/C=C\C/C=C\C/C=C\CCCCCCCCCCCCCCCCCCCCC(=O)NC(CO)C(O)CCCCCCCCCCCCCCCCCCCCCCCCCCC. The Balaban J connectivity index is 3.42. The topological polar surface area (TPSA) is 69.6 Å². The monoisotopic (exact) mass is 952 g/mol. The van der Waals surface area contributed by atoms with Crippen LogP contribution in [-0.4, -0.2) is 34.9 Å². The summed E-state index contributed by atoms with van der Waals surface area (Å²) in [6, 6.07) is -0.537. The third-order valence-electron chi connectivity index (χ3n) is 14.4. The summed E-state index contributed by atoms with van der Waals surface area (Å²) in [5.41, 5.74) is 0. The lowest BCUT2D eigenvalue weighted by Gasteiger charge is -2.22. The van der Waals surface area contributed by atoms with E-state index >= 15 is 0 Å². The average molecular weight is 953 g/mol. The highest BCUT2D eigenvalue weighted by molar-refractivity contribution is 5.76. The highest BCUT2D eigenvalue weighted by atomic mass is 16.3. The van der Waals surface area contributed by atoms with Gasteiger partial charge in [0, 0.05) is 6.42 Å². The third kappa shape index (κ3) is 55.3. The fraction of sp³-hybridized carbons (Fsp3) is 0.859. The number of unbranched alkanes of at least 4 members (excludes halogenated alkanes) is 42. The second kappa shape index (κ2) is 59.7. The van der Waals surface area contributed by atoms with Gasteiger partial charge in [-0.15, -0.1) is 0 Å². The molecule has 0 bridgehead atoms. The minimum Gasteiger partial charge on any atom is -0.394 e. The van der Waals surface area contributed by atoms with Crippen molar-refractivity contribution in [2.75, 3.05) is 6.61 Å². The van der Waals surface area contributed by atoms with Crippen molar-refractivity contribution in [3.05, 3.63) is 48.6 Å². The molecule has 0 aromatic carbocycles. The van der Waals surface area contributed by atoms with E-state index in [0.717, 1.165) is 51.4 Å². The van der Waals surface area contributed by atoms with Crippen LogP contribution >= 0.6 is 0 Å². The average Bonchev–Trinajstić information content (AvgIpc) is 3.34. The van der Waals surface area contributed by atoms with Gasteiger partial charge >= 0.3 is 0 Å². The van der Waals surface area contributed by atoms with Crippen LogP contribution in [0.2, 0.25) is 0 Å². The van der Waals surface area contributed by atoms with E-state index < -0.39 is 12.1 Å². The lowest BCUT2D eigenvalue weighted by molar-refractivity contribution is -0.123. The summed E-state index contributed by atoms with van der Waals surface area (Å²) in [7, 11) is 0. The second-order valence-electron chi connectivity index (χ2n) is 21.1. The van der Waals surface area contributed by atoms with Gasteiger partial charge in [-0.1, -0.05) is 326 Å². The largest absolute Gasteiger partial charge is 0.394 e. The highest BCUT2D eigenvalue weighted by Crippen LogP contribution is 2.18. The molecule has 0 aliphatic heterocycles. The van der Waals surface area contributed by atoms with Crippen LogP contribution in [0.25, 0.3) is 0 Å². The molecule has 0 saturated carbocycles. The van der Waals surface area contributed by atoms with Crippen molar-refractivity contribution in [2.24, 2.45) is 0 Å². The van der Waals surface area contributed by atoms with Gasteiger partial charge in [0.15, 0.2) is 0 Å². The molecular weight excluding hydrogens is 831 g/mol. The molecule has 4 heteroatoms. The van der Waals surface area contributed by atoms with Gasteiger partial charge in [0.05, 0.1) is 18.8 Å². The van der Waals surface area contributed by atoms with Crippen molar-refractivity contribution < 1.29 is 15.0 Å². The van der Waals surface area contributed by atoms with E-state index in [1.54, 1.807) is 0 Å². The van der Waals surface area contributed by atoms with Crippen LogP contribution in [0.4, 0.5) is 0 Å². The Kier molecular flexibility index (Phi) is 58.2. The van der Waals surface area contributed by atoms with Gasteiger partial charge in [-0.2, -0.15) is 0 Å². The maximum absolute atomic E-state index is 12.5. The number of hydrogen-bond donors (Lipinski definition) is 3. The Bertz CT molecular complexity index is 1080. The van der Waals surface area contributed by atoms with E-state index in [0.29, 0.717) is 12.8 Å². The van der Waals surface area contributed by atoms with Gasteiger partial charge < -0.3 is 15.5 Å². The standard InChI is InChI=1S/C64H121NO3/c1-3-5-7-9-11-13-15-17-19-21-23-25-27-29-30-31-32-33-34-36-38-40-42-44-46-48-50-52-54-56-58-60-64(68)65-62(61-66)63(67)59-57-55-53-51-49-47-45-43-41-39-37-35-28-26-24-22-20-18-16-14-12-10-8-6-4-2/h5,7,11,13,17,19,23,25,62-63,66-67H,3-4,6,8-10,12,14-16,18,20-22,24,26-61H2,1-2H3,(H,65,68)/b7-5-,13-11-,19-17-,25-23-. The van der Waals surface area contributed by atoms with Crippen molar-refractivity contribution in [1.29, 1.82) is 0 Å². The molecule has 0 saturated heterocycles. The zero-order valence-corrected chi connectivity index (χ0v) is 46.1. The first kappa shape index (κ1) is 66.3. The molecule has 0 heterocycles. The molecular formula is C64H121NO3. The predicted molar refractivity (Wildman–Crippen MR) is 304 cm³/mol. The third-order valence-corrected chi connectivity index (χ3v) is 14.4. The maximum atomic E-state index is 12.5. The summed E-state index contributed by atoms with van der Waals surface area (Å²) in [6.07, 6.45) is 82.7. The first-order valence-electron chi connectivity index (χ1n) is 30.8. The molecule has 2 atom stereocenters. The molecule has 0 aliphatic rings. The summed E-state index contributed by atoms with van der Waals surface area (Å²) in [5.74, 6) is -0.0258. The summed E-state index contributed by atoms with van der Waals surface area (Å²) in [6.45, 7) is 4.28. The van der Waals surface area contributed by atoms with E-state index in [4.69, 9.17) is 0 Å².